The summed E-state index contributed by atoms with van der Waals surface area (Å²) in [7, 11) is -3.69. The van der Waals surface area contributed by atoms with Crippen molar-refractivity contribution in [2.45, 2.75) is 51.1 Å². The number of benzene rings is 1. The van der Waals surface area contributed by atoms with Crippen molar-refractivity contribution in [2.24, 2.45) is 0 Å². The van der Waals surface area contributed by atoms with Gasteiger partial charge in [-0.05, 0) is 58.9 Å². The van der Waals surface area contributed by atoms with Gasteiger partial charge in [0.2, 0.25) is 10.0 Å². The zero-order valence-electron chi connectivity index (χ0n) is 14.5. The third-order valence-electron chi connectivity index (χ3n) is 3.04. The number of amides is 1. The van der Waals surface area contributed by atoms with Gasteiger partial charge in [-0.25, -0.2) is 13.1 Å². The standard InChI is InChI=1S/C16H24N2O5S/c1-11(2)18(10-14(19)20)15(21)12-6-8-13(9-7-12)24(22,23)17-16(3,4)5/h6-9,11,17H,10H2,1-5H3,(H,19,20). The Bertz CT molecular complexity index is 703. The third-order valence-corrected chi connectivity index (χ3v) is 4.82. The monoisotopic (exact) mass is 356 g/mol. The van der Waals surface area contributed by atoms with Crippen LogP contribution in [0.5, 0.6) is 0 Å². The zero-order valence-corrected chi connectivity index (χ0v) is 15.3. The number of hydrogen-bond acceptors (Lipinski definition) is 4. The van der Waals surface area contributed by atoms with E-state index in [0.717, 1.165) is 0 Å². The maximum Gasteiger partial charge on any atom is 0.323 e. The number of aliphatic carboxylic acids is 1. The molecule has 0 bridgehead atoms. The molecule has 1 aromatic rings. The molecule has 0 aromatic heterocycles. The summed E-state index contributed by atoms with van der Waals surface area (Å²) in [6.45, 7) is 8.21. The summed E-state index contributed by atoms with van der Waals surface area (Å²) in [6.07, 6.45) is 0. The van der Waals surface area contributed by atoms with Crippen LogP contribution in [0.4, 0.5) is 0 Å². The van der Waals surface area contributed by atoms with Crippen molar-refractivity contribution < 1.29 is 23.1 Å². The Morgan fingerprint density at radius 2 is 1.67 bits per heavy atom. The number of sulfonamides is 1. The van der Waals surface area contributed by atoms with E-state index in [1.807, 2.05) is 0 Å². The Morgan fingerprint density at radius 1 is 1.17 bits per heavy atom. The highest BCUT2D eigenvalue weighted by molar-refractivity contribution is 7.89. The molecule has 0 atom stereocenters. The second kappa shape index (κ2) is 7.31. The lowest BCUT2D eigenvalue weighted by Gasteiger charge is -2.25. The van der Waals surface area contributed by atoms with Gasteiger partial charge in [0.05, 0.1) is 4.90 Å². The van der Waals surface area contributed by atoms with Gasteiger partial charge in [0.25, 0.3) is 5.91 Å². The lowest BCUT2D eigenvalue weighted by atomic mass is 10.1. The number of hydrogen-bond donors (Lipinski definition) is 2. The molecular weight excluding hydrogens is 332 g/mol. The molecule has 24 heavy (non-hydrogen) atoms. The molecule has 8 heteroatoms. The molecule has 134 valence electrons. The third kappa shape index (κ3) is 5.61. The predicted octanol–water partition coefficient (Wildman–Crippen LogP) is 1.70. The molecule has 7 nitrogen and oxygen atoms in total. The minimum absolute atomic E-state index is 0.0447. The number of carboxylic acid groups (broad SMARTS) is 1. The van der Waals surface area contributed by atoms with Crippen LogP contribution in [0.2, 0.25) is 0 Å². The number of nitrogens with zero attached hydrogens (tertiary/aromatic N) is 1. The van der Waals surface area contributed by atoms with Crippen molar-refractivity contribution in [1.82, 2.24) is 9.62 Å². The number of nitrogens with one attached hydrogen (secondary N) is 1. The summed E-state index contributed by atoms with van der Waals surface area (Å²) < 4.78 is 27.0. The normalized spacial score (nSPS) is 12.2. The summed E-state index contributed by atoms with van der Waals surface area (Å²) in [6, 6.07) is 5.15. The molecule has 1 rings (SSSR count). The van der Waals surface area contributed by atoms with Crippen molar-refractivity contribution in [2.75, 3.05) is 6.54 Å². The lowest BCUT2D eigenvalue weighted by molar-refractivity contribution is -0.138. The van der Waals surface area contributed by atoms with Crippen molar-refractivity contribution in [3.05, 3.63) is 29.8 Å². The van der Waals surface area contributed by atoms with E-state index in [0.29, 0.717) is 0 Å². The van der Waals surface area contributed by atoms with E-state index < -0.39 is 34.0 Å². The first kappa shape index (κ1) is 20.1. The van der Waals surface area contributed by atoms with Crippen LogP contribution in [0.1, 0.15) is 45.0 Å². The molecule has 0 saturated heterocycles. The molecule has 0 spiro atoms. The van der Waals surface area contributed by atoms with Gasteiger partial charge in [-0.1, -0.05) is 0 Å². The van der Waals surface area contributed by atoms with Gasteiger partial charge >= 0.3 is 5.97 Å². The zero-order chi connectivity index (χ0) is 18.7. The summed E-state index contributed by atoms with van der Waals surface area (Å²) in [4.78, 5) is 24.5. The number of rotatable bonds is 6. The van der Waals surface area contributed by atoms with E-state index in [2.05, 4.69) is 4.72 Å². The van der Waals surface area contributed by atoms with Gasteiger partial charge in [-0.3, -0.25) is 9.59 Å². The average molecular weight is 356 g/mol. The van der Waals surface area contributed by atoms with E-state index in [9.17, 15) is 18.0 Å². The molecular formula is C16H24N2O5S. The van der Waals surface area contributed by atoms with E-state index >= 15 is 0 Å². The highest BCUT2D eigenvalue weighted by atomic mass is 32.2. The van der Waals surface area contributed by atoms with Crippen LogP contribution in [0, 0.1) is 0 Å². The summed E-state index contributed by atoms with van der Waals surface area (Å²) >= 11 is 0. The van der Waals surface area contributed by atoms with E-state index in [1.165, 1.54) is 29.2 Å². The topological polar surface area (TPSA) is 104 Å². The minimum atomic E-state index is -3.69. The summed E-state index contributed by atoms with van der Waals surface area (Å²) in [5, 5.41) is 8.91. The van der Waals surface area contributed by atoms with Crippen LogP contribution in [-0.4, -0.2) is 48.4 Å². The van der Waals surface area contributed by atoms with Crippen LogP contribution < -0.4 is 4.72 Å². The van der Waals surface area contributed by atoms with Crippen LogP contribution in [0.15, 0.2) is 29.2 Å². The summed E-state index contributed by atoms with van der Waals surface area (Å²) in [5.41, 5.74) is -0.386. The van der Waals surface area contributed by atoms with Crippen LogP contribution in [-0.2, 0) is 14.8 Å². The Kier molecular flexibility index (Phi) is 6.13. The first-order valence-electron chi connectivity index (χ1n) is 7.50. The van der Waals surface area contributed by atoms with Gasteiger partial charge in [0, 0.05) is 17.1 Å². The molecule has 0 saturated carbocycles. The molecule has 0 heterocycles. The SMILES string of the molecule is CC(C)N(CC(=O)O)C(=O)c1ccc(S(=O)(=O)NC(C)(C)C)cc1. The van der Waals surface area contributed by atoms with Gasteiger partial charge in [-0.15, -0.1) is 0 Å². The van der Waals surface area contributed by atoms with Gasteiger partial charge < -0.3 is 10.0 Å². The molecule has 0 aliphatic carbocycles. The Labute approximate surface area is 142 Å². The molecule has 1 aromatic carbocycles. The fourth-order valence-electron chi connectivity index (χ4n) is 2.04. The second-order valence-electron chi connectivity index (χ2n) is 6.80. The van der Waals surface area contributed by atoms with Crippen LogP contribution in [0.3, 0.4) is 0 Å². The highest BCUT2D eigenvalue weighted by Crippen LogP contribution is 2.15. The van der Waals surface area contributed by atoms with E-state index in [-0.39, 0.29) is 16.5 Å². The Hall–Kier alpha value is -1.93. The van der Waals surface area contributed by atoms with Crippen molar-refractivity contribution >= 4 is 21.9 Å². The number of carbonyl (C=O) groups excluding carboxylic acids is 1. The van der Waals surface area contributed by atoms with Gasteiger partial charge in [0.1, 0.15) is 6.54 Å². The lowest BCUT2D eigenvalue weighted by Crippen LogP contribution is -2.41. The maximum absolute atomic E-state index is 12.4. The van der Waals surface area contributed by atoms with Crippen molar-refractivity contribution in [1.29, 1.82) is 0 Å². The Balaban J connectivity index is 3.06. The first-order valence-corrected chi connectivity index (χ1v) is 8.98. The largest absolute Gasteiger partial charge is 0.480 e. The molecule has 1 amide bonds. The predicted molar refractivity (Wildman–Crippen MR) is 90.3 cm³/mol. The number of carboxylic acids is 1. The molecule has 0 aliphatic rings. The van der Waals surface area contributed by atoms with E-state index in [4.69, 9.17) is 5.11 Å². The molecule has 0 radical (unpaired) electrons. The van der Waals surface area contributed by atoms with E-state index in [1.54, 1.807) is 34.6 Å². The number of carbonyl (C=O) groups is 2. The van der Waals surface area contributed by atoms with Crippen molar-refractivity contribution in [3.8, 4) is 0 Å². The van der Waals surface area contributed by atoms with Crippen molar-refractivity contribution in [3.63, 3.8) is 0 Å². The van der Waals surface area contributed by atoms with Crippen LogP contribution in [0.25, 0.3) is 0 Å². The fourth-order valence-corrected chi connectivity index (χ4v) is 3.46. The van der Waals surface area contributed by atoms with Crippen LogP contribution >= 0.6 is 0 Å². The van der Waals surface area contributed by atoms with Gasteiger partial charge in [-0.2, -0.15) is 0 Å². The maximum atomic E-state index is 12.4. The first-order chi connectivity index (χ1) is 10.8. The molecule has 2 N–H and O–H groups in total. The van der Waals surface area contributed by atoms with Gasteiger partial charge in [0.15, 0.2) is 0 Å². The quantitative estimate of drug-likeness (QED) is 0.807. The fraction of sp³-hybridized carbons (Fsp3) is 0.500. The Morgan fingerprint density at radius 3 is 2.04 bits per heavy atom. The smallest absolute Gasteiger partial charge is 0.323 e. The minimum Gasteiger partial charge on any atom is -0.480 e. The average Bonchev–Trinajstić information content (AvgIpc) is 2.41. The summed E-state index contributed by atoms with van der Waals surface area (Å²) in [5.74, 6) is -1.56. The second-order valence-corrected chi connectivity index (χ2v) is 8.48. The molecule has 0 unspecified atom stereocenters. The molecule has 0 aliphatic heterocycles. The molecule has 0 fully saturated rings. The highest BCUT2D eigenvalue weighted by Gasteiger charge is 2.24.